The molecule has 0 aromatic heterocycles. The number of hydrogen-bond donors (Lipinski definition) is 1. The molecule has 0 bridgehead atoms. The summed E-state index contributed by atoms with van der Waals surface area (Å²) in [4.78, 5) is 13.9. The molecule has 22 heavy (non-hydrogen) atoms. The molecule has 0 fully saturated rings. The zero-order valence-corrected chi connectivity index (χ0v) is 12.6. The van der Waals surface area contributed by atoms with E-state index >= 15 is 0 Å². The molecule has 2 aromatic carbocycles. The van der Waals surface area contributed by atoms with Crippen molar-refractivity contribution < 1.29 is 14.3 Å². The third-order valence-corrected chi connectivity index (χ3v) is 3.53. The van der Waals surface area contributed by atoms with Gasteiger partial charge in [-0.1, -0.05) is 36.4 Å². The van der Waals surface area contributed by atoms with Crippen molar-refractivity contribution in [3.8, 4) is 0 Å². The minimum atomic E-state index is -0.521. The lowest BCUT2D eigenvalue weighted by atomic mass is 10.1. The summed E-state index contributed by atoms with van der Waals surface area (Å²) < 4.78 is 14.0. The van der Waals surface area contributed by atoms with E-state index in [1.54, 1.807) is 13.0 Å². The number of benzene rings is 2. The highest BCUT2D eigenvalue weighted by Gasteiger charge is 2.18. The van der Waals surface area contributed by atoms with Gasteiger partial charge in [0.05, 0.1) is 12.2 Å². The van der Waals surface area contributed by atoms with Crippen LogP contribution in [-0.2, 0) is 6.42 Å². The molecule has 1 amide bonds. The number of rotatable bonds is 6. The van der Waals surface area contributed by atoms with Gasteiger partial charge in [-0.25, -0.2) is 4.39 Å². The molecule has 0 radical (unpaired) electrons. The molecule has 1 N–H and O–H groups in total. The van der Waals surface area contributed by atoms with Crippen molar-refractivity contribution in [3.63, 3.8) is 0 Å². The van der Waals surface area contributed by atoms with Crippen molar-refractivity contribution in [1.82, 2.24) is 4.90 Å². The van der Waals surface area contributed by atoms with Gasteiger partial charge in [0.2, 0.25) is 0 Å². The van der Waals surface area contributed by atoms with Crippen molar-refractivity contribution in [2.75, 3.05) is 19.7 Å². The summed E-state index contributed by atoms with van der Waals surface area (Å²) in [5, 5.41) is 9.16. The quantitative estimate of drug-likeness (QED) is 0.891. The lowest BCUT2D eigenvalue weighted by Gasteiger charge is -2.22. The Morgan fingerprint density at radius 1 is 1.14 bits per heavy atom. The lowest BCUT2D eigenvalue weighted by molar-refractivity contribution is 0.0719. The minimum Gasteiger partial charge on any atom is -0.395 e. The van der Waals surface area contributed by atoms with E-state index in [-0.39, 0.29) is 24.6 Å². The molecule has 4 heteroatoms. The summed E-state index contributed by atoms with van der Waals surface area (Å²) in [5.74, 6) is -0.907. The van der Waals surface area contributed by atoms with E-state index in [0.717, 1.165) is 11.1 Å². The van der Waals surface area contributed by atoms with E-state index in [2.05, 4.69) is 0 Å². The maximum Gasteiger partial charge on any atom is 0.256 e. The highest BCUT2D eigenvalue weighted by molar-refractivity contribution is 5.94. The molecular formula is C18H20FNO2. The minimum absolute atomic E-state index is 0.0483. The van der Waals surface area contributed by atoms with Crippen LogP contribution in [-0.4, -0.2) is 35.6 Å². The van der Waals surface area contributed by atoms with Gasteiger partial charge in [-0.3, -0.25) is 4.79 Å². The van der Waals surface area contributed by atoms with Gasteiger partial charge >= 0.3 is 0 Å². The van der Waals surface area contributed by atoms with Gasteiger partial charge in [-0.05, 0) is 36.6 Å². The molecule has 0 saturated heterocycles. The second kappa shape index (κ2) is 7.71. The Hall–Kier alpha value is -2.20. The normalized spacial score (nSPS) is 10.5. The number of hydrogen-bond acceptors (Lipinski definition) is 2. The fraction of sp³-hybridized carbons (Fsp3) is 0.278. The lowest BCUT2D eigenvalue weighted by Crippen LogP contribution is -2.35. The van der Waals surface area contributed by atoms with Crippen molar-refractivity contribution >= 4 is 5.91 Å². The first-order chi connectivity index (χ1) is 10.6. The Kier molecular flexibility index (Phi) is 5.67. The topological polar surface area (TPSA) is 40.5 Å². The molecule has 0 spiro atoms. The SMILES string of the molecule is Cc1ccc(C(=O)N(CCO)CCc2ccccc2)c(F)c1. The van der Waals surface area contributed by atoms with Gasteiger partial charge in [0.1, 0.15) is 5.82 Å². The Labute approximate surface area is 130 Å². The number of aryl methyl sites for hydroxylation is 1. The summed E-state index contributed by atoms with van der Waals surface area (Å²) in [6.45, 7) is 2.27. The van der Waals surface area contributed by atoms with E-state index in [9.17, 15) is 9.18 Å². The Morgan fingerprint density at radius 2 is 1.86 bits per heavy atom. The Morgan fingerprint density at radius 3 is 2.50 bits per heavy atom. The summed E-state index contributed by atoms with van der Waals surface area (Å²) in [6.07, 6.45) is 0.667. The van der Waals surface area contributed by atoms with Crippen LogP contribution in [0.3, 0.4) is 0 Å². The van der Waals surface area contributed by atoms with Gasteiger partial charge in [0, 0.05) is 13.1 Å². The molecular weight excluding hydrogens is 281 g/mol. The third kappa shape index (κ3) is 4.15. The number of nitrogens with zero attached hydrogens (tertiary/aromatic N) is 1. The van der Waals surface area contributed by atoms with E-state index in [4.69, 9.17) is 5.11 Å². The molecule has 0 aliphatic carbocycles. The van der Waals surface area contributed by atoms with Crippen molar-refractivity contribution in [1.29, 1.82) is 0 Å². The molecule has 2 aromatic rings. The van der Waals surface area contributed by atoms with Crippen molar-refractivity contribution in [2.45, 2.75) is 13.3 Å². The summed E-state index contributed by atoms with van der Waals surface area (Å²) >= 11 is 0. The fourth-order valence-corrected chi connectivity index (χ4v) is 2.31. The number of amides is 1. The molecule has 3 nitrogen and oxygen atoms in total. The van der Waals surface area contributed by atoms with Crippen LogP contribution in [0.5, 0.6) is 0 Å². The van der Waals surface area contributed by atoms with Crippen LogP contribution in [0.25, 0.3) is 0 Å². The van der Waals surface area contributed by atoms with Gasteiger partial charge in [-0.2, -0.15) is 0 Å². The smallest absolute Gasteiger partial charge is 0.256 e. The third-order valence-electron chi connectivity index (χ3n) is 3.53. The molecule has 0 saturated carbocycles. The molecule has 0 heterocycles. The zero-order valence-electron chi connectivity index (χ0n) is 12.6. The van der Waals surface area contributed by atoms with Gasteiger partial charge < -0.3 is 10.0 Å². The highest BCUT2D eigenvalue weighted by atomic mass is 19.1. The molecule has 0 aliphatic rings. The van der Waals surface area contributed by atoms with Crippen LogP contribution in [0, 0.1) is 12.7 Å². The van der Waals surface area contributed by atoms with Gasteiger partial charge in [0.15, 0.2) is 0 Å². The van der Waals surface area contributed by atoms with Crippen LogP contribution in [0.4, 0.5) is 4.39 Å². The Balaban J connectivity index is 2.11. The van der Waals surface area contributed by atoms with Gasteiger partial charge in [-0.15, -0.1) is 0 Å². The molecule has 0 aliphatic heterocycles. The van der Waals surface area contributed by atoms with Crippen LogP contribution in [0.15, 0.2) is 48.5 Å². The predicted octanol–water partition coefficient (Wildman–Crippen LogP) is 2.81. The zero-order chi connectivity index (χ0) is 15.9. The van der Waals surface area contributed by atoms with Crippen LogP contribution < -0.4 is 0 Å². The second-order valence-corrected chi connectivity index (χ2v) is 5.23. The fourth-order valence-electron chi connectivity index (χ4n) is 2.31. The van der Waals surface area contributed by atoms with E-state index in [1.807, 2.05) is 30.3 Å². The highest BCUT2D eigenvalue weighted by Crippen LogP contribution is 2.13. The summed E-state index contributed by atoms with van der Waals surface area (Å²) in [6, 6.07) is 14.3. The average Bonchev–Trinajstić information content (AvgIpc) is 2.52. The van der Waals surface area contributed by atoms with Crippen molar-refractivity contribution in [3.05, 3.63) is 71.0 Å². The molecule has 116 valence electrons. The van der Waals surface area contributed by atoms with Crippen molar-refractivity contribution in [2.24, 2.45) is 0 Å². The van der Waals surface area contributed by atoms with Gasteiger partial charge in [0.25, 0.3) is 5.91 Å². The van der Waals surface area contributed by atoms with E-state index in [0.29, 0.717) is 13.0 Å². The molecule has 0 unspecified atom stereocenters. The maximum absolute atomic E-state index is 14.0. The molecule has 0 atom stereocenters. The number of aliphatic hydroxyl groups excluding tert-OH is 1. The number of carbonyl (C=O) groups is 1. The average molecular weight is 301 g/mol. The summed E-state index contributed by atoms with van der Waals surface area (Å²) in [7, 11) is 0. The number of aliphatic hydroxyl groups is 1. The predicted molar refractivity (Wildman–Crippen MR) is 84.3 cm³/mol. The van der Waals surface area contributed by atoms with E-state index < -0.39 is 5.82 Å². The standard InChI is InChI=1S/C18H20FNO2/c1-14-7-8-16(17(19)13-14)18(22)20(11-12-21)10-9-15-5-3-2-4-6-15/h2-8,13,21H,9-12H2,1H3. The first-order valence-electron chi connectivity index (χ1n) is 7.32. The largest absolute Gasteiger partial charge is 0.395 e. The van der Waals surface area contributed by atoms with Crippen LogP contribution in [0.1, 0.15) is 21.5 Å². The maximum atomic E-state index is 14.0. The first-order valence-corrected chi connectivity index (χ1v) is 7.32. The van der Waals surface area contributed by atoms with E-state index in [1.165, 1.54) is 17.0 Å². The first kappa shape index (κ1) is 16.2. The number of carbonyl (C=O) groups excluding carboxylic acids is 1. The second-order valence-electron chi connectivity index (χ2n) is 5.23. The molecule has 2 rings (SSSR count). The summed E-state index contributed by atoms with van der Waals surface area (Å²) in [5.41, 5.74) is 1.92. The Bertz CT molecular complexity index is 628. The monoisotopic (exact) mass is 301 g/mol. The van der Waals surface area contributed by atoms with Crippen LogP contribution >= 0.6 is 0 Å². The number of halogens is 1. The van der Waals surface area contributed by atoms with Crippen LogP contribution in [0.2, 0.25) is 0 Å².